The van der Waals surface area contributed by atoms with Gasteiger partial charge in [-0.2, -0.15) is 15.3 Å². The van der Waals surface area contributed by atoms with Gasteiger partial charge in [-0.25, -0.2) is 15.0 Å². The standard InChI is InChI=1S/2C14H19N.6C13H18N2/c1-10(2)12-5-6-14-13(9-12)7-8-15(14)11(3)4;1-10(2)12-6-5-7-14-13(12)8-9-15(14)11(3)4;1-9(2)11-5-6-13-12(7-11)14-8-15(13)10(3)4;1-9(2)11-5-6-13-12(7-11)8-14-15(13)10(3)4;1-9(2)11-5-6-12-13(7-11)15(8-14-12)10(3)4;1-9(2)11-5-6-12-8-14-15(10(3)4)13(12)7-11;1-9(2)11-6-5-7-13-12(11)8-14-15(13)10(3)4;1-9(2)11-6-5-7-12-13(11)14-8-15(12)10(3)4/h2*5-11H,1-4H3;6*5-10H,1-4H3. The summed E-state index contributed by atoms with van der Waals surface area (Å²) in [6.07, 6.45) is 16.1. The van der Waals surface area contributed by atoms with Crippen LogP contribution in [0, 0.1) is 0 Å². The average molecular weight is 1620 g/mol. The summed E-state index contributed by atoms with van der Waals surface area (Å²) >= 11 is 0. The summed E-state index contributed by atoms with van der Waals surface area (Å²) < 4.78 is 17.5. The first-order valence-corrected chi connectivity index (χ1v) is 44.8. The Labute approximate surface area is 719 Å². The van der Waals surface area contributed by atoms with Crippen LogP contribution < -0.4 is 0 Å². The Balaban J connectivity index is 0.000000156. The van der Waals surface area contributed by atoms with E-state index in [4.69, 9.17) is 0 Å². The van der Waals surface area contributed by atoms with E-state index in [9.17, 15) is 0 Å². The largest absolute Gasteiger partial charge is 0.345 e. The molecule has 120 heavy (non-hydrogen) atoms. The fourth-order valence-corrected chi connectivity index (χ4v) is 15.4. The van der Waals surface area contributed by atoms with Gasteiger partial charge in [-0.15, -0.1) is 0 Å². The van der Waals surface area contributed by atoms with Crippen LogP contribution in [0.2, 0.25) is 0 Å². The van der Waals surface area contributed by atoms with Crippen molar-refractivity contribution in [3.63, 3.8) is 0 Å². The zero-order valence-electron chi connectivity index (χ0n) is 79.1. The molecule has 0 radical (unpaired) electrons. The fourth-order valence-electron chi connectivity index (χ4n) is 15.4. The van der Waals surface area contributed by atoms with E-state index in [2.05, 4.69) is 459 Å². The molecule has 16 aromatic rings. The number of fused-ring (bicyclic) bond motifs is 8. The molecular formula is C106H146N14. The summed E-state index contributed by atoms with van der Waals surface area (Å²) in [5.74, 6) is 4.58. The maximum absolute atomic E-state index is 4.52. The van der Waals surface area contributed by atoms with Gasteiger partial charge in [0.25, 0.3) is 0 Å². The first-order chi connectivity index (χ1) is 56.8. The number of hydrogen-bond acceptors (Lipinski definition) is 6. The lowest BCUT2D eigenvalue weighted by atomic mass is 9.99. The van der Waals surface area contributed by atoms with Crippen LogP contribution in [0.5, 0.6) is 0 Å². The number of para-hydroxylation sites is 1. The van der Waals surface area contributed by atoms with Gasteiger partial charge in [-0.3, -0.25) is 14.0 Å². The summed E-state index contributed by atoms with van der Waals surface area (Å²) in [4.78, 5) is 13.4. The van der Waals surface area contributed by atoms with Gasteiger partial charge in [-0.05, 0) is 293 Å². The summed E-state index contributed by atoms with van der Waals surface area (Å²) in [6.45, 7) is 70.5. The number of hydrogen-bond donors (Lipinski definition) is 0. The molecule has 640 valence electrons. The maximum Gasteiger partial charge on any atom is 0.0960 e. The Morgan fingerprint density at radius 3 is 1.12 bits per heavy atom. The molecule has 8 aromatic carbocycles. The minimum atomic E-state index is 0.421. The fraction of sp³-hybridized carbons (Fsp3) is 0.453. The second-order valence-corrected chi connectivity index (χ2v) is 37.4. The number of nitrogens with zero attached hydrogens (tertiary/aromatic N) is 14. The predicted octanol–water partition coefficient (Wildman–Crippen LogP) is 31.1. The van der Waals surface area contributed by atoms with Crippen molar-refractivity contribution in [1.29, 1.82) is 0 Å². The Morgan fingerprint density at radius 2 is 0.592 bits per heavy atom. The molecule has 16 rings (SSSR count). The van der Waals surface area contributed by atoms with Crippen LogP contribution in [-0.2, 0) is 0 Å². The van der Waals surface area contributed by atoms with Crippen molar-refractivity contribution in [3.05, 3.63) is 252 Å². The van der Waals surface area contributed by atoms with Crippen molar-refractivity contribution in [1.82, 2.24) is 67.1 Å². The highest BCUT2D eigenvalue weighted by Crippen LogP contribution is 2.34. The Kier molecular flexibility index (Phi) is 32.5. The van der Waals surface area contributed by atoms with Crippen molar-refractivity contribution >= 4 is 87.6 Å². The number of benzene rings is 8. The van der Waals surface area contributed by atoms with Crippen LogP contribution in [0.4, 0.5) is 0 Å². The van der Waals surface area contributed by atoms with E-state index in [0.29, 0.717) is 95.7 Å². The average Bonchev–Trinajstić information content (AvgIpc) is 1.63. The van der Waals surface area contributed by atoms with Crippen molar-refractivity contribution < 1.29 is 0 Å². The van der Waals surface area contributed by atoms with Gasteiger partial charge >= 0.3 is 0 Å². The van der Waals surface area contributed by atoms with E-state index in [0.717, 1.165) is 16.6 Å². The molecule has 8 aromatic heterocycles. The number of aromatic nitrogens is 14. The number of rotatable bonds is 16. The second kappa shape index (κ2) is 41.8. The summed E-state index contributed by atoms with van der Waals surface area (Å²) in [6, 6.07) is 60.8. The molecule has 0 bridgehead atoms. The Bertz CT molecular complexity index is 5340. The SMILES string of the molecule is CC(C)c1ccc2c(c1)ncn2C(C)C.CC(C)c1ccc2c(ccn2C(C)C)c1.CC(C)c1ccc2c(cnn2C(C)C)c1.CC(C)c1ccc2cnn(C(C)C)c2c1.CC(C)c1ccc2ncn(C(C)C)c2c1.CC(C)c1cccc2c1ccn2C(C)C.CC(C)c1cccc2c1cnn2C(C)C.CC(C)c1cccc2c1ncn2C(C)C. The van der Waals surface area contributed by atoms with Crippen LogP contribution >= 0.6 is 0 Å². The van der Waals surface area contributed by atoms with Gasteiger partial charge < -0.3 is 22.8 Å². The molecule has 0 fully saturated rings. The van der Waals surface area contributed by atoms with Crippen LogP contribution in [0.15, 0.2) is 208 Å². The molecule has 0 aliphatic carbocycles. The Hall–Kier alpha value is -10.3. The normalized spacial score (nSPS) is 11.9. The molecule has 0 atom stereocenters. The second-order valence-electron chi connectivity index (χ2n) is 37.4. The maximum atomic E-state index is 4.52. The van der Waals surface area contributed by atoms with Gasteiger partial charge in [0.2, 0.25) is 0 Å². The van der Waals surface area contributed by atoms with E-state index in [1.54, 1.807) is 0 Å². The molecule has 0 spiro atoms. The summed E-state index contributed by atoms with van der Waals surface area (Å²) in [7, 11) is 0. The van der Waals surface area contributed by atoms with E-state index in [-0.39, 0.29) is 0 Å². The lowest BCUT2D eigenvalue weighted by Gasteiger charge is -2.11. The van der Waals surface area contributed by atoms with Crippen molar-refractivity contribution in [2.75, 3.05) is 0 Å². The third-order valence-electron chi connectivity index (χ3n) is 22.7. The highest BCUT2D eigenvalue weighted by Gasteiger charge is 2.17. The van der Waals surface area contributed by atoms with Crippen LogP contribution in [-0.4, -0.2) is 67.1 Å². The van der Waals surface area contributed by atoms with Gasteiger partial charge in [0, 0.05) is 93.3 Å². The van der Waals surface area contributed by atoms with E-state index in [1.807, 2.05) is 37.6 Å². The van der Waals surface area contributed by atoms with Crippen LogP contribution in [0.1, 0.15) is 362 Å². The van der Waals surface area contributed by atoms with Gasteiger partial charge in [0.05, 0.1) is 87.2 Å². The lowest BCUT2D eigenvalue weighted by molar-refractivity contribution is 0.550. The van der Waals surface area contributed by atoms with Gasteiger partial charge in [-0.1, -0.05) is 184 Å². The third kappa shape index (κ3) is 22.6. The van der Waals surface area contributed by atoms with Crippen molar-refractivity contribution in [3.8, 4) is 0 Å². The van der Waals surface area contributed by atoms with E-state index in [1.165, 1.54) is 116 Å². The van der Waals surface area contributed by atoms with Crippen molar-refractivity contribution in [2.45, 2.75) is 317 Å². The van der Waals surface area contributed by atoms with Gasteiger partial charge in [0.1, 0.15) is 0 Å². The van der Waals surface area contributed by atoms with Crippen LogP contribution in [0.25, 0.3) is 87.6 Å². The molecule has 0 aliphatic rings. The predicted molar refractivity (Wildman–Crippen MR) is 518 cm³/mol. The monoisotopic (exact) mass is 1620 g/mol. The lowest BCUT2D eigenvalue weighted by Crippen LogP contribution is -2.02. The molecule has 0 N–H and O–H groups in total. The number of imidazole rings is 3. The van der Waals surface area contributed by atoms with E-state index < -0.39 is 0 Å². The molecule has 0 amide bonds. The smallest absolute Gasteiger partial charge is 0.0960 e. The molecule has 0 aliphatic heterocycles. The first-order valence-electron chi connectivity index (χ1n) is 44.8. The van der Waals surface area contributed by atoms with Gasteiger partial charge in [0.15, 0.2) is 0 Å². The molecule has 0 saturated heterocycles. The van der Waals surface area contributed by atoms with Crippen molar-refractivity contribution in [2.24, 2.45) is 0 Å². The highest BCUT2D eigenvalue weighted by atomic mass is 15.3. The minimum Gasteiger partial charge on any atom is -0.345 e. The molecule has 14 nitrogen and oxygen atoms in total. The summed E-state index contributed by atoms with van der Waals surface area (Å²) in [5.41, 5.74) is 24.6. The zero-order valence-corrected chi connectivity index (χ0v) is 79.1. The quantitative estimate of drug-likeness (QED) is 0.0951. The molecule has 14 heteroatoms. The molecule has 8 heterocycles. The third-order valence-corrected chi connectivity index (χ3v) is 22.7. The Morgan fingerprint density at radius 1 is 0.217 bits per heavy atom. The molecule has 0 saturated carbocycles. The minimum absolute atomic E-state index is 0.421. The zero-order chi connectivity index (χ0) is 88.0. The molecule has 0 unspecified atom stereocenters. The van der Waals surface area contributed by atoms with E-state index >= 15 is 0 Å². The first kappa shape index (κ1) is 93.5. The topological polar surface area (TPSA) is 117 Å². The highest BCUT2D eigenvalue weighted by molar-refractivity contribution is 5.86. The molecular weight excluding hydrogens is 1470 g/mol. The van der Waals surface area contributed by atoms with Crippen LogP contribution in [0.3, 0.4) is 0 Å². The summed E-state index contributed by atoms with van der Waals surface area (Å²) in [5, 5.41) is 19.8.